The molecule has 2 aromatic rings. The van der Waals surface area contributed by atoms with Crippen molar-refractivity contribution in [2.45, 2.75) is 38.2 Å². The molecular weight excluding hydrogens is 266 g/mol. The number of aliphatic hydroxyl groups excluding tert-OH is 1. The number of benzene rings is 1. The quantitative estimate of drug-likeness (QED) is 0.802. The van der Waals surface area contributed by atoms with Crippen molar-refractivity contribution < 1.29 is 9.90 Å². The van der Waals surface area contributed by atoms with E-state index in [-0.39, 0.29) is 12.0 Å². The van der Waals surface area contributed by atoms with Crippen LogP contribution in [0.25, 0.3) is 10.9 Å². The van der Waals surface area contributed by atoms with Gasteiger partial charge in [0.15, 0.2) is 0 Å². The van der Waals surface area contributed by atoms with Gasteiger partial charge in [0.05, 0.1) is 23.7 Å². The second kappa shape index (κ2) is 6.26. The molecule has 1 aliphatic rings. The van der Waals surface area contributed by atoms with E-state index in [0.29, 0.717) is 18.9 Å². The number of aliphatic hydroxyl groups is 1. The molecule has 2 unspecified atom stereocenters. The minimum absolute atomic E-state index is 0.00414. The Morgan fingerprint density at radius 1 is 1.38 bits per heavy atom. The fourth-order valence-electron chi connectivity index (χ4n) is 3.08. The zero-order valence-electron chi connectivity index (χ0n) is 12.0. The van der Waals surface area contributed by atoms with E-state index in [1.54, 1.807) is 0 Å². The highest BCUT2D eigenvalue weighted by molar-refractivity contribution is 5.87. The molecule has 1 saturated carbocycles. The Bertz CT molecular complexity index is 623. The van der Waals surface area contributed by atoms with Crippen LogP contribution in [0.5, 0.6) is 0 Å². The number of fused-ring (bicyclic) bond motifs is 1. The normalized spacial score (nSPS) is 22.3. The third kappa shape index (κ3) is 3.42. The van der Waals surface area contributed by atoms with Gasteiger partial charge < -0.3 is 10.4 Å². The smallest absolute Gasteiger partial charge is 0.226 e. The number of rotatable bonds is 4. The van der Waals surface area contributed by atoms with Gasteiger partial charge in [-0.25, -0.2) is 0 Å². The van der Waals surface area contributed by atoms with E-state index < -0.39 is 0 Å². The lowest BCUT2D eigenvalue weighted by Gasteiger charge is -2.25. The van der Waals surface area contributed by atoms with Crippen molar-refractivity contribution in [3.63, 3.8) is 0 Å². The first-order valence-electron chi connectivity index (χ1n) is 7.59. The fourth-order valence-corrected chi connectivity index (χ4v) is 3.08. The van der Waals surface area contributed by atoms with Crippen LogP contribution in [0.2, 0.25) is 0 Å². The number of aromatic nitrogens is 2. The highest BCUT2D eigenvalue weighted by Gasteiger charge is 2.20. The lowest BCUT2D eigenvalue weighted by atomic mass is 9.87. The molecule has 1 amide bonds. The molecule has 1 aliphatic carbocycles. The number of nitrogens with zero attached hydrogens (tertiary/aromatic N) is 1. The van der Waals surface area contributed by atoms with Crippen LogP contribution in [-0.2, 0) is 11.2 Å². The molecule has 5 heteroatoms. The summed E-state index contributed by atoms with van der Waals surface area (Å²) in [6.07, 6.45) is 3.95. The predicted molar refractivity (Wildman–Crippen MR) is 80.8 cm³/mol. The Morgan fingerprint density at radius 2 is 2.24 bits per heavy atom. The predicted octanol–water partition coefficient (Wildman–Crippen LogP) is 1.77. The molecule has 0 spiro atoms. The number of hydrogen-bond donors (Lipinski definition) is 3. The van der Waals surface area contributed by atoms with E-state index >= 15 is 0 Å². The maximum Gasteiger partial charge on any atom is 0.226 e. The molecular formula is C16H21N3O2. The summed E-state index contributed by atoms with van der Waals surface area (Å²) < 4.78 is 0. The third-order valence-electron chi connectivity index (χ3n) is 4.22. The van der Waals surface area contributed by atoms with Crippen LogP contribution in [0.15, 0.2) is 24.3 Å². The molecule has 1 heterocycles. The van der Waals surface area contributed by atoms with Crippen molar-refractivity contribution in [2.24, 2.45) is 5.92 Å². The monoisotopic (exact) mass is 287 g/mol. The van der Waals surface area contributed by atoms with Gasteiger partial charge in [0, 0.05) is 11.9 Å². The average molecular weight is 287 g/mol. The van der Waals surface area contributed by atoms with Crippen molar-refractivity contribution in [1.29, 1.82) is 0 Å². The summed E-state index contributed by atoms with van der Waals surface area (Å²) in [5.41, 5.74) is 1.74. The van der Waals surface area contributed by atoms with Crippen molar-refractivity contribution >= 4 is 16.8 Å². The van der Waals surface area contributed by atoms with Gasteiger partial charge in [0.25, 0.3) is 0 Å². The molecule has 3 rings (SSSR count). The van der Waals surface area contributed by atoms with Gasteiger partial charge in [-0.2, -0.15) is 5.10 Å². The Kier molecular flexibility index (Phi) is 4.20. The fraction of sp³-hybridized carbons (Fsp3) is 0.500. The molecule has 1 fully saturated rings. The maximum absolute atomic E-state index is 12.1. The van der Waals surface area contributed by atoms with Gasteiger partial charge in [0.2, 0.25) is 5.91 Å². The average Bonchev–Trinajstić information content (AvgIpc) is 2.89. The lowest BCUT2D eigenvalue weighted by Crippen LogP contribution is -2.33. The number of hydrogen-bond acceptors (Lipinski definition) is 3. The van der Waals surface area contributed by atoms with Crippen LogP contribution in [0.1, 0.15) is 31.4 Å². The Morgan fingerprint density at radius 3 is 3.10 bits per heavy atom. The van der Waals surface area contributed by atoms with Crippen LogP contribution in [0.3, 0.4) is 0 Å². The van der Waals surface area contributed by atoms with Crippen LogP contribution in [0, 0.1) is 5.92 Å². The molecule has 3 N–H and O–H groups in total. The van der Waals surface area contributed by atoms with Crippen LogP contribution in [0.4, 0.5) is 0 Å². The zero-order valence-corrected chi connectivity index (χ0v) is 12.0. The van der Waals surface area contributed by atoms with Crippen LogP contribution < -0.4 is 5.32 Å². The van der Waals surface area contributed by atoms with Crippen molar-refractivity contribution in [1.82, 2.24) is 15.5 Å². The molecule has 5 nitrogen and oxygen atoms in total. The highest BCUT2D eigenvalue weighted by atomic mass is 16.3. The van der Waals surface area contributed by atoms with Gasteiger partial charge in [0.1, 0.15) is 0 Å². The second-order valence-electron chi connectivity index (χ2n) is 5.89. The molecule has 0 bridgehead atoms. The molecule has 1 aromatic carbocycles. The molecule has 112 valence electrons. The molecule has 21 heavy (non-hydrogen) atoms. The largest absolute Gasteiger partial charge is 0.393 e. The van der Waals surface area contributed by atoms with Gasteiger partial charge in [-0.05, 0) is 31.2 Å². The first kappa shape index (κ1) is 14.1. The summed E-state index contributed by atoms with van der Waals surface area (Å²) in [6.45, 7) is 0.655. The number of para-hydroxylation sites is 1. The molecule has 0 aliphatic heterocycles. The Labute approximate surface area is 123 Å². The van der Waals surface area contributed by atoms with E-state index in [0.717, 1.165) is 42.3 Å². The molecule has 0 saturated heterocycles. The Balaban J connectivity index is 1.54. The van der Waals surface area contributed by atoms with Gasteiger partial charge >= 0.3 is 0 Å². The molecule has 2 atom stereocenters. The number of nitrogens with one attached hydrogen (secondary N) is 2. The molecule has 0 radical (unpaired) electrons. The third-order valence-corrected chi connectivity index (χ3v) is 4.22. The van der Waals surface area contributed by atoms with Crippen molar-refractivity contribution in [2.75, 3.05) is 6.54 Å². The molecule has 1 aromatic heterocycles. The van der Waals surface area contributed by atoms with E-state index in [1.807, 2.05) is 24.3 Å². The number of aromatic amines is 1. The van der Waals surface area contributed by atoms with E-state index in [1.165, 1.54) is 0 Å². The van der Waals surface area contributed by atoms with E-state index in [4.69, 9.17) is 0 Å². The topological polar surface area (TPSA) is 78.0 Å². The zero-order chi connectivity index (χ0) is 14.7. The minimum Gasteiger partial charge on any atom is -0.393 e. The van der Waals surface area contributed by atoms with Crippen LogP contribution >= 0.6 is 0 Å². The van der Waals surface area contributed by atoms with E-state index in [9.17, 15) is 9.90 Å². The number of amides is 1. The van der Waals surface area contributed by atoms with Gasteiger partial charge in [-0.3, -0.25) is 9.89 Å². The van der Waals surface area contributed by atoms with Crippen molar-refractivity contribution in [3.05, 3.63) is 30.0 Å². The lowest BCUT2D eigenvalue weighted by molar-refractivity contribution is -0.120. The first-order chi connectivity index (χ1) is 10.2. The minimum atomic E-state index is -0.197. The SMILES string of the molecule is O=C(Cc1[nH]nc2ccccc12)NCC1CCCC(O)C1. The van der Waals surface area contributed by atoms with Crippen LogP contribution in [-0.4, -0.2) is 33.9 Å². The Hall–Kier alpha value is -1.88. The summed E-state index contributed by atoms with van der Waals surface area (Å²) in [5, 5.41) is 20.8. The summed E-state index contributed by atoms with van der Waals surface area (Å²) >= 11 is 0. The summed E-state index contributed by atoms with van der Waals surface area (Å²) in [4.78, 5) is 12.1. The van der Waals surface area contributed by atoms with Gasteiger partial charge in [-0.15, -0.1) is 0 Å². The standard InChI is InChI=1S/C16H21N3O2/c20-12-5-3-4-11(8-12)10-17-16(21)9-15-13-6-1-2-7-14(13)18-19-15/h1-2,6-7,11-12,20H,3-5,8-10H2,(H,17,21)(H,18,19). The van der Waals surface area contributed by atoms with Gasteiger partial charge in [-0.1, -0.05) is 24.6 Å². The summed E-state index contributed by atoms with van der Waals surface area (Å²) in [6, 6.07) is 7.78. The summed E-state index contributed by atoms with van der Waals surface area (Å²) in [5.74, 6) is 0.403. The summed E-state index contributed by atoms with van der Waals surface area (Å²) in [7, 11) is 0. The maximum atomic E-state index is 12.1. The van der Waals surface area contributed by atoms with Crippen molar-refractivity contribution in [3.8, 4) is 0 Å². The number of carbonyl (C=O) groups is 1. The number of carbonyl (C=O) groups excluding carboxylic acids is 1. The second-order valence-corrected chi connectivity index (χ2v) is 5.89. The highest BCUT2D eigenvalue weighted by Crippen LogP contribution is 2.23. The van der Waals surface area contributed by atoms with E-state index in [2.05, 4.69) is 15.5 Å². The first-order valence-corrected chi connectivity index (χ1v) is 7.59. The number of H-pyrrole nitrogens is 1.